The molecule has 5 nitrogen and oxygen atoms in total. The summed E-state index contributed by atoms with van der Waals surface area (Å²) in [5.74, 6) is 0.163. The van der Waals surface area contributed by atoms with E-state index in [1.165, 1.54) is 11.3 Å². The quantitative estimate of drug-likeness (QED) is 0.493. The maximum absolute atomic E-state index is 12.0. The predicted molar refractivity (Wildman–Crippen MR) is 92.4 cm³/mol. The number of rotatable bonds is 6. The zero-order chi connectivity index (χ0) is 16.8. The van der Waals surface area contributed by atoms with Crippen molar-refractivity contribution in [3.63, 3.8) is 0 Å². The number of esters is 1. The van der Waals surface area contributed by atoms with Gasteiger partial charge in [0.1, 0.15) is 24.0 Å². The Labute approximate surface area is 146 Å². The summed E-state index contributed by atoms with van der Waals surface area (Å²) >= 11 is 2.99. The zero-order valence-corrected chi connectivity index (χ0v) is 14.1. The van der Waals surface area contributed by atoms with Gasteiger partial charge in [-0.25, -0.2) is 9.78 Å². The third-order valence-corrected chi connectivity index (χ3v) is 4.90. The van der Waals surface area contributed by atoms with E-state index in [4.69, 9.17) is 14.7 Å². The van der Waals surface area contributed by atoms with Crippen LogP contribution < -0.4 is 4.74 Å². The summed E-state index contributed by atoms with van der Waals surface area (Å²) in [6.45, 7) is 0.365. The first-order chi connectivity index (χ1) is 11.8. The van der Waals surface area contributed by atoms with Gasteiger partial charge in [-0.3, -0.25) is 0 Å². The van der Waals surface area contributed by atoms with Crippen LogP contribution in [0.25, 0.3) is 9.88 Å². The Morgan fingerprint density at radius 1 is 1.17 bits per heavy atom. The highest BCUT2D eigenvalue weighted by molar-refractivity contribution is 7.20. The van der Waals surface area contributed by atoms with Gasteiger partial charge in [-0.1, -0.05) is 6.07 Å². The van der Waals surface area contributed by atoms with Gasteiger partial charge in [0.05, 0.1) is 16.5 Å². The molecule has 0 amide bonds. The summed E-state index contributed by atoms with van der Waals surface area (Å²) in [6, 6.07) is 12.7. The van der Waals surface area contributed by atoms with E-state index in [0.29, 0.717) is 17.0 Å². The van der Waals surface area contributed by atoms with E-state index in [9.17, 15) is 4.79 Å². The Morgan fingerprint density at radius 3 is 2.71 bits per heavy atom. The molecule has 0 radical (unpaired) electrons. The highest BCUT2D eigenvalue weighted by Crippen LogP contribution is 2.27. The fraction of sp³-hybridized carbons (Fsp3) is 0.118. The largest absolute Gasteiger partial charge is 0.490 e. The molecule has 0 aliphatic heterocycles. The first kappa shape index (κ1) is 16.2. The van der Waals surface area contributed by atoms with E-state index in [1.807, 2.05) is 23.6 Å². The third kappa shape index (κ3) is 3.98. The van der Waals surface area contributed by atoms with Gasteiger partial charge in [0.15, 0.2) is 5.69 Å². The smallest absolute Gasteiger partial charge is 0.357 e. The summed E-state index contributed by atoms with van der Waals surface area (Å²) < 4.78 is 10.6. The van der Waals surface area contributed by atoms with Gasteiger partial charge >= 0.3 is 5.97 Å². The van der Waals surface area contributed by atoms with E-state index < -0.39 is 5.97 Å². The molecule has 2 aromatic heterocycles. The lowest BCUT2D eigenvalue weighted by Gasteiger charge is -2.06. The van der Waals surface area contributed by atoms with Crippen LogP contribution in [0.3, 0.4) is 0 Å². The van der Waals surface area contributed by atoms with Crippen LogP contribution in [0, 0.1) is 11.3 Å². The SMILES string of the molecule is N#Cc1ccc(OCCOC(=O)c2csc(-c3cccs3)n2)cc1. The average Bonchev–Trinajstić information content (AvgIpc) is 3.30. The van der Waals surface area contributed by atoms with Gasteiger partial charge in [0.25, 0.3) is 0 Å². The molecule has 2 heterocycles. The molecule has 0 spiro atoms. The zero-order valence-electron chi connectivity index (χ0n) is 12.5. The number of benzene rings is 1. The summed E-state index contributed by atoms with van der Waals surface area (Å²) in [4.78, 5) is 17.3. The van der Waals surface area contributed by atoms with Crippen LogP contribution in [0.2, 0.25) is 0 Å². The van der Waals surface area contributed by atoms with Crippen molar-refractivity contribution < 1.29 is 14.3 Å². The molecule has 120 valence electrons. The number of nitriles is 1. The molecule has 0 atom stereocenters. The van der Waals surface area contributed by atoms with Crippen molar-refractivity contribution in [3.8, 4) is 21.7 Å². The molecule has 3 aromatic rings. The number of ether oxygens (including phenoxy) is 2. The van der Waals surface area contributed by atoms with Gasteiger partial charge in [0, 0.05) is 5.38 Å². The molecule has 3 rings (SSSR count). The molecule has 0 saturated heterocycles. The van der Waals surface area contributed by atoms with Crippen LogP contribution in [0.1, 0.15) is 16.1 Å². The maximum atomic E-state index is 12.0. The van der Waals surface area contributed by atoms with Crippen molar-refractivity contribution in [2.75, 3.05) is 13.2 Å². The molecule has 0 unspecified atom stereocenters. The Bertz CT molecular complexity index is 849. The van der Waals surface area contributed by atoms with E-state index in [2.05, 4.69) is 4.98 Å². The van der Waals surface area contributed by atoms with Crippen LogP contribution in [-0.2, 0) is 4.74 Å². The normalized spacial score (nSPS) is 10.1. The number of carbonyl (C=O) groups excluding carboxylic acids is 1. The van der Waals surface area contributed by atoms with Crippen molar-refractivity contribution in [2.24, 2.45) is 0 Å². The molecule has 24 heavy (non-hydrogen) atoms. The molecule has 1 aromatic carbocycles. The molecule has 0 saturated carbocycles. The number of hydrogen-bond acceptors (Lipinski definition) is 7. The second kappa shape index (κ2) is 7.73. The van der Waals surface area contributed by atoms with Crippen molar-refractivity contribution in [3.05, 3.63) is 58.4 Å². The van der Waals surface area contributed by atoms with Crippen LogP contribution >= 0.6 is 22.7 Å². The second-order valence-corrected chi connectivity index (χ2v) is 6.44. The van der Waals surface area contributed by atoms with Crippen LogP contribution in [0.4, 0.5) is 0 Å². The monoisotopic (exact) mass is 356 g/mol. The van der Waals surface area contributed by atoms with Gasteiger partial charge < -0.3 is 9.47 Å². The summed E-state index contributed by atoms with van der Waals surface area (Å²) in [5.41, 5.74) is 0.876. The molecular weight excluding hydrogens is 344 g/mol. The van der Waals surface area contributed by atoms with Gasteiger partial charge in [-0.05, 0) is 35.7 Å². The third-order valence-electron chi connectivity index (χ3n) is 3.01. The lowest BCUT2D eigenvalue weighted by Crippen LogP contribution is -2.12. The molecule has 0 aliphatic carbocycles. The van der Waals surface area contributed by atoms with E-state index in [-0.39, 0.29) is 13.2 Å². The van der Waals surface area contributed by atoms with Crippen molar-refractivity contribution in [2.45, 2.75) is 0 Å². The standard InChI is InChI=1S/C17H12N2O3S2/c18-10-12-3-5-13(6-4-12)21-7-8-22-17(20)14-11-24-16(19-14)15-2-1-9-23-15/h1-6,9,11H,7-8H2. The number of thiazole rings is 1. The van der Waals surface area contributed by atoms with Gasteiger partial charge in [-0.15, -0.1) is 22.7 Å². The molecule has 7 heteroatoms. The summed E-state index contributed by atoms with van der Waals surface area (Å²) in [5, 5.41) is 13.2. The Morgan fingerprint density at radius 2 is 2.00 bits per heavy atom. The molecule has 0 bridgehead atoms. The number of hydrogen-bond donors (Lipinski definition) is 0. The molecule has 0 N–H and O–H groups in total. The number of thiophene rings is 1. The minimum Gasteiger partial charge on any atom is -0.490 e. The predicted octanol–water partition coefficient (Wildman–Crippen LogP) is 3.98. The number of carbonyl (C=O) groups is 1. The van der Waals surface area contributed by atoms with E-state index >= 15 is 0 Å². The summed E-state index contributed by atoms with van der Waals surface area (Å²) in [7, 11) is 0. The van der Waals surface area contributed by atoms with Gasteiger partial charge in [-0.2, -0.15) is 5.26 Å². The first-order valence-corrected chi connectivity index (χ1v) is 8.81. The van der Waals surface area contributed by atoms with Gasteiger partial charge in [0.2, 0.25) is 0 Å². The second-order valence-electron chi connectivity index (χ2n) is 4.64. The summed E-state index contributed by atoms with van der Waals surface area (Å²) in [6.07, 6.45) is 0. The number of aromatic nitrogens is 1. The lowest BCUT2D eigenvalue weighted by molar-refractivity contribution is 0.0444. The topological polar surface area (TPSA) is 72.2 Å². The maximum Gasteiger partial charge on any atom is 0.357 e. The average molecular weight is 356 g/mol. The Hall–Kier alpha value is -2.69. The fourth-order valence-electron chi connectivity index (χ4n) is 1.87. The minimum absolute atomic E-state index is 0.130. The molecular formula is C17H12N2O3S2. The Balaban J connectivity index is 1.46. The lowest BCUT2D eigenvalue weighted by atomic mass is 10.2. The first-order valence-electron chi connectivity index (χ1n) is 7.06. The van der Waals surface area contributed by atoms with Crippen LogP contribution in [0.15, 0.2) is 47.2 Å². The minimum atomic E-state index is -0.461. The van der Waals surface area contributed by atoms with Crippen LogP contribution in [0.5, 0.6) is 5.75 Å². The molecule has 0 aliphatic rings. The number of nitrogens with zero attached hydrogens (tertiary/aromatic N) is 2. The van der Waals surface area contributed by atoms with Crippen molar-refractivity contribution >= 4 is 28.6 Å². The van der Waals surface area contributed by atoms with Crippen molar-refractivity contribution in [1.82, 2.24) is 4.98 Å². The highest BCUT2D eigenvalue weighted by Gasteiger charge is 2.13. The Kier molecular flexibility index (Phi) is 5.21. The van der Waals surface area contributed by atoms with E-state index in [1.54, 1.807) is 41.0 Å². The van der Waals surface area contributed by atoms with Crippen molar-refractivity contribution in [1.29, 1.82) is 5.26 Å². The van der Waals surface area contributed by atoms with E-state index in [0.717, 1.165) is 9.88 Å². The van der Waals surface area contributed by atoms with Crippen LogP contribution in [-0.4, -0.2) is 24.2 Å². The fourth-order valence-corrected chi connectivity index (χ4v) is 3.48. The highest BCUT2D eigenvalue weighted by atomic mass is 32.1. The molecule has 0 fully saturated rings.